The van der Waals surface area contributed by atoms with Gasteiger partial charge in [-0.1, -0.05) is 4.32 Å². The monoisotopic (exact) mass is 194 g/mol. The zero-order valence-corrected chi connectivity index (χ0v) is 9.23. The van der Waals surface area contributed by atoms with Crippen LogP contribution in [0.4, 0.5) is 0 Å². The van der Waals surface area contributed by atoms with E-state index in [2.05, 4.69) is 5.73 Å². The van der Waals surface area contributed by atoms with E-state index in [1.165, 1.54) is 0 Å². The summed E-state index contributed by atoms with van der Waals surface area (Å²) in [7, 11) is 0. The molecule has 0 heterocycles. The van der Waals surface area contributed by atoms with E-state index in [9.17, 15) is 0 Å². The highest BCUT2D eigenvalue weighted by Gasteiger charge is 1.88. The van der Waals surface area contributed by atoms with Crippen molar-refractivity contribution >= 4 is 29.2 Å². The van der Waals surface area contributed by atoms with Crippen molar-refractivity contribution in [2.24, 2.45) is 0 Å². The predicted molar refractivity (Wildman–Crippen MR) is 56.3 cm³/mol. The fourth-order valence-electron chi connectivity index (χ4n) is 0.482. The number of thiocarbonyl (C=S) groups is 1. The Kier molecular flexibility index (Phi) is 12.5. The first kappa shape index (κ1) is 13.6. The molecule has 0 unspecified atom stereocenters. The summed E-state index contributed by atoms with van der Waals surface area (Å²) in [6.07, 6.45) is 0. The number of rotatable bonds is 2. The lowest BCUT2D eigenvalue weighted by Gasteiger charge is -2.24. The van der Waals surface area contributed by atoms with E-state index < -0.39 is 0 Å². The highest BCUT2D eigenvalue weighted by atomic mass is 32.1. The quantitative estimate of drug-likeness (QED) is 0.510. The maximum atomic E-state index is 4.76. The largest absolute Gasteiger partial charge is 0.411 e. The predicted octanol–water partition coefficient (Wildman–Crippen LogP) is 0.408. The molecule has 0 aliphatic rings. The molecule has 0 saturated carbocycles. The fraction of sp³-hybridized carbons (Fsp3) is 0.857. The lowest BCUT2D eigenvalue weighted by Crippen LogP contribution is -2.48. The second kappa shape index (κ2) is 10.1. The zero-order chi connectivity index (χ0) is 9.28. The molecule has 0 aliphatic heterocycles. The highest BCUT2D eigenvalue weighted by molar-refractivity contribution is 8.00. The molecule has 0 aromatic carbocycles. The molecule has 0 radical (unpaired) electrons. The van der Waals surface area contributed by atoms with Gasteiger partial charge in [0.15, 0.2) is 0 Å². The second-order valence-corrected chi connectivity index (χ2v) is 2.97. The van der Waals surface area contributed by atoms with Crippen LogP contribution >= 0.6 is 12.2 Å². The number of quaternary nitrogens is 1. The molecule has 0 saturated heterocycles. The van der Waals surface area contributed by atoms with E-state index in [4.69, 9.17) is 24.8 Å². The van der Waals surface area contributed by atoms with Crippen molar-refractivity contribution in [1.82, 2.24) is 4.90 Å². The molecular formula is C7H18N2S2. The van der Waals surface area contributed by atoms with Crippen molar-refractivity contribution in [3.05, 3.63) is 0 Å². The van der Waals surface area contributed by atoms with Gasteiger partial charge in [-0.05, 0) is 20.8 Å². The van der Waals surface area contributed by atoms with Crippen LogP contribution < -0.4 is 5.73 Å². The molecule has 0 aliphatic carbocycles. The van der Waals surface area contributed by atoms with E-state index in [0.29, 0.717) is 4.32 Å². The zero-order valence-electron chi connectivity index (χ0n) is 7.59. The topological polar surface area (TPSA) is 30.9 Å². The molecule has 68 valence electrons. The third kappa shape index (κ3) is 10.1. The Morgan fingerprint density at radius 1 is 1.36 bits per heavy atom. The molecule has 0 bridgehead atoms. The first-order valence-corrected chi connectivity index (χ1v) is 4.70. The summed E-state index contributed by atoms with van der Waals surface area (Å²) in [5.74, 6) is 0. The summed E-state index contributed by atoms with van der Waals surface area (Å²) < 4.78 is 0.579. The molecule has 0 amide bonds. The van der Waals surface area contributed by atoms with Gasteiger partial charge in [-0.25, -0.2) is 0 Å². The van der Waals surface area contributed by atoms with Crippen LogP contribution in [0.3, 0.4) is 0 Å². The Morgan fingerprint density at radius 2 is 1.64 bits per heavy atom. The normalized spacial score (nSPS) is 8.00. The lowest BCUT2D eigenvalue weighted by atomic mass is 10.6. The van der Waals surface area contributed by atoms with Gasteiger partial charge in [0.05, 0.1) is 6.54 Å². The van der Waals surface area contributed by atoms with Gasteiger partial charge in [0.25, 0.3) is 0 Å². The minimum atomic E-state index is 0.579. The number of hydrogen-bond acceptors (Lipinski definition) is 2. The van der Waals surface area contributed by atoms with Crippen LogP contribution in [0.15, 0.2) is 0 Å². The Morgan fingerprint density at radius 3 is 1.64 bits per heavy atom. The summed E-state index contributed by atoms with van der Waals surface area (Å²) in [4.78, 5) is 1.96. The summed E-state index contributed by atoms with van der Waals surface area (Å²) >= 11 is 9.51. The Hall–Kier alpha value is 0.0700. The molecule has 11 heavy (non-hydrogen) atoms. The third-order valence-electron chi connectivity index (χ3n) is 1.02. The smallest absolute Gasteiger partial charge is 0.0711 e. The molecule has 0 spiro atoms. The van der Waals surface area contributed by atoms with E-state index in [0.717, 1.165) is 19.6 Å². The molecule has 4 heteroatoms. The van der Waals surface area contributed by atoms with E-state index >= 15 is 0 Å². The van der Waals surface area contributed by atoms with Gasteiger partial charge in [-0.2, -0.15) is 0 Å². The number of hydrogen-bond donors (Lipinski definition) is 1. The maximum absolute atomic E-state index is 4.76. The van der Waals surface area contributed by atoms with Crippen LogP contribution in [0.2, 0.25) is 0 Å². The van der Waals surface area contributed by atoms with E-state index in [1.807, 2.05) is 25.7 Å². The maximum Gasteiger partial charge on any atom is 0.0711 e. The average Bonchev–Trinajstić information content (AvgIpc) is 1.91. The fourth-order valence-corrected chi connectivity index (χ4v) is 0.998. The first-order valence-electron chi connectivity index (χ1n) is 3.89. The van der Waals surface area contributed by atoms with Crippen molar-refractivity contribution in [2.45, 2.75) is 20.8 Å². The molecular weight excluding hydrogens is 176 g/mol. The standard InChI is InChI=1S/C5H11NS2.C2H7N/c1-3-6(4-2)5(7)8;1-2-3/h3-4H2,1-2H3,(H,7,8);2-3H2,1H3. The molecule has 0 rings (SSSR count). The summed E-state index contributed by atoms with van der Waals surface area (Å²) in [5, 5.41) is 0. The van der Waals surface area contributed by atoms with Crippen LogP contribution in [0.1, 0.15) is 20.8 Å². The molecule has 0 aromatic rings. The highest BCUT2D eigenvalue weighted by Crippen LogP contribution is 1.87. The second-order valence-electron chi connectivity index (χ2n) is 1.94. The Labute approximate surface area is 80.5 Å². The van der Waals surface area contributed by atoms with Gasteiger partial charge in [0.1, 0.15) is 0 Å². The first-order chi connectivity index (χ1) is 5.13. The molecule has 0 atom stereocenters. The minimum Gasteiger partial charge on any atom is -0.411 e. The summed E-state index contributed by atoms with van der Waals surface area (Å²) in [5.41, 5.74) is 3.49. The van der Waals surface area contributed by atoms with Gasteiger partial charge in [-0.3, -0.25) is 0 Å². The summed E-state index contributed by atoms with van der Waals surface area (Å²) in [6, 6.07) is 0. The van der Waals surface area contributed by atoms with Crippen molar-refractivity contribution in [2.75, 3.05) is 19.6 Å². The van der Waals surface area contributed by atoms with Crippen LogP contribution in [-0.4, -0.2) is 28.9 Å². The van der Waals surface area contributed by atoms with Gasteiger partial charge < -0.3 is 35.5 Å². The van der Waals surface area contributed by atoms with Gasteiger partial charge in [0, 0.05) is 13.1 Å². The number of nitrogens with zero attached hydrogens (tertiary/aromatic N) is 1. The minimum absolute atomic E-state index is 0.579. The lowest BCUT2D eigenvalue weighted by molar-refractivity contribution is -0.361. The Balaban J connectivity index is 0. The Bertz CT molecular complexity index is 92.4. The SMILES string of the molecule is CCN(CC)C(=S)[S-].CC[NH3+]. The summed E-state index contributed by atoms with van der Waals surface area (Å²) in [6.45, 7) is 8.96. The molecule has 0 aromatic heterocycles. The van der Waals surface area contributed by atoms with Crippen molar-refractivity contribution < 1.29 is 5.73 Å². The third-order valence-corrected chi connectivity index (χ3v) is 1.54. The van der Waals surface area contributed by atoms with Crippen LogP contribution in [0, 0.1) is 0 Å². The van der Waals surface area contributed by atoms with Crippen LogP contribution in [-0.2, 0) is 12.6 Å². The van der Waals surface area contributed by atoms with Gasteiger partial charge in [-0.15, -0.1) is 0 Å². The van der Waals surface area contributed by atoms with Crippen molar-refractivity contribution in [3.8, 4) is 0 Å². The van der Waals surface area contributed by atoms with Crippen LogP contribution in [0.5, 0.6) is 0 Å². The van der Waals surface area contributed by atoms with Crippen molar-refractivity contribution in [3.63, 3.8) is 0 Å². The van der Waals surface area contributed by atoms with E-state index in [-0.39, 0.29) is 0 Å². The van der Waals surface area contributed by atoms with Crippen molar-refractivity contribution in [1.29, 1.82) is 0 Å². The molecule has 0 fully saturated rings. The van der Waals surface area contributed by atoms with Crippen LogP contribution in [0.25, 0.3) is 0 Å². The molecule has 3 N–H and O–H groups in total. The average molecular weight is 194 g/mol. The van der Waals surface area contributed by atoms with Gasteiger partial charge in [0.2, 0.25) is 0 Å². The van der Waals surface area contributed by atoms with Gasteiger partial charge >= 0.3 is 0 Å². The van der Waals surface area contributed by atoms with E-state index in [1.54, 1.807) is 0 Å². The molecule has 2 nitrogen and oxygen atoms in total.